The number of carbonyl (C=O) groups is 1. The van der Waals surface area contributed by atoms with E-state index in [-0.39, 0.29) is 24.4 Å². The van der Waals surface area contributed by atoms with Gasteiger partial charge in [0, 0.05) is 17.8 Å². The summed E-state index contributed by atoms with van der Waals surface area (Å²) in [4.78, 5) is 24.0. The molecule has 1 amide bonds. The number of ether oxygens (including phenoxy) is 2. The summed E-state index contributed by atoms with van der Waals surface area (Å²) in [6, 6.07) is 15.3. The first-order valence-corrected chi connectivity index (χ1v) is 13.8. The van der Waals surface area contributed by atoms with E-state index in [1.165, 1.54) is 25.6 Å². The summed E-state index contributed by atoms with van der Waals surface area (Å²) < 4.78 is 25.0. The molecule has 2 heterocycles. The van der Waals surface area contributed by atoms with Crippen LogP contribution in [0.25, 0.3) is 10.9 Å². The van der Waals surface area contributed by atoms with Crippen LogP contribution in [0.4, 0.5) is 21.6 Å². The zero-order valence-electron chi connectivity index (χ0n) is 22.9. The normalized spacial score (nSPS) is 15.4. The average molecular weight is 576 g/mol. The Labute approximate surface area is 243 Å². The number of amides is 1. The van der Waals surface area contributed by atoms with Gasteiger partial charge >= 0.3 is 0 Å². The Bertz CT molecular complexity index is 1580. The number of halogens is 2. The molecule has 0 spiro atoms. The number of rotatable bonds is 10. The quantitative estimate of drug-likeness (QED) is 0.203. The van der Waals surface area contributed by atoms with Crippen molar-refractivity contribution in [2.75, 3.05) is 30.8 Å². The number of hydrogen-bond donors (Lipinski definition) is 2. The van der Waals surface area contributed by atoms with Crippen LogP contribution in [0, 0.1) is 5.82 Å². The van der Waals surface area contributed by atoms with Gasteiger partial charge in [-0.05, 0) is 74.0 Å². The Hall–Kier alpha value is -4.21. The van der Waals surface area contributed by atoms with Crippen molar-refractivity contribution < 1.29 is 18.7 Å². The first-order valence-electron chi connectivity index (χ1n) is 13.4. The Kier molecular flexibility index (Phi) is 8.96. The van der Waals surface area contributed by atoms with Crippen molar-refractivity contribution in [1.82, 2.24) is 14.9 Å². The van der Waals surface area contributed by atoms with Gasteiger partial charge in [0.1, 0.15) is 30.3 Å². The van der Waals surface area contributed by atoms with Crippen molar-refractivity contribution in [3.05, 3.63) is 89.5 Å². The summed E-state index contributed by atoms with van der Waals surface area (Å²) in [5.41, 5.74) is 2.50. The third kappa shape index (κ3) is 6.75. The summed E-state index contributed by atoms with van der Waals surface area (Å²) in [5, 5.41) is 7.19. The summed E-state index contributed by atoms with van der Waals surface area (Å²) >= 11 is 6.49. The van der Waals surface area contributed by atoms with Crippen molar-refractivity contribution >= 4 is 45.6 Å². The van der Waals surface area contributed by atoms with Crippen LogP contribution in [-0.2, 0) is 11.4 Å². The summed E-state index contributed by atoms with van der Waals surface area (Å²) in [7, 11) is 1.54. The van der Waals surface area contributed by atoms with Crippen molar-refractivity contribution in [1.29, 1.82) is 0 Å². The van der Waals surface area contributed by atoms with Gasteiger partial charge in [-0.1, -0.05) is 36.7 Å². The van der Waals surface area contributed by atoms with E-state index < -0.39 is 0 Å². The molecule has 1 saturated heterocycles. The molecular formula is C31H31ClFN5O3. The largest absolute Gasteiger partial charge is 0.494 e. The maximum Gasteiger partial charge on any atom is 0.248 e. The lowest BCUT2D eigenvalue weighted by atomic mass is 10.1. The van der Waals surface area contributed by atoms with E-state index in [9.17, 15) is 9.18 Å². The van der Waals surface area contributed by atoms with Crippen molar-refractivity contribution in [2.24, 2.45) is 0 Å². The van der Waals surface area contributed by atoms with E-state index in [1.807, 2.05) is 6.08 Å². The van der Waals surface area contributed by atoms with Crippen LogP contribution in [0.2, 0.25) is 5.02 Å². The van der Waals surface area contributed by atoms with Gasteiger partial charge in [0.25, 0.3) is 0 Å². The zero-order valence-corrected chi connectivity index (χ0v) is 23.6. The lowest BCUT2D eigenvalue weighted by molar-refractivity contribution is -0.112. The molecule has 1 aromatic heterocycles. The fraction of sp³-hybridized carbons (Fsp3) is 0.258. The first kappa shape index (κ1) is 28.3. The number of likely N-dealkylation sites (tertiary alicyclic amines) is 1. The zero-order chi connectivity index (χ0) is 28.8. The molecule has 2 N–H and O–H groups in total. The number of nitrogens with one attached hydrogen (secondary N) is 2. The molecule has 3 aromatic carbocycles. The molecule has 1 aliphatic heterocycles. The van der Waals surface area contributed by atoms with Gasteiger partial charge in [-0.2, -0.15) is 0 Å². The van der Waals surface area contributed by atoms with Crippen molar-refractivity contribution in [3.63, 3.8) is 0 Å². The molecule has 10 heteroatoms. The van der Waals surface area contributed by atoms with Crippen LogP contribution in [0.15, 0.2) is 73.1 Å². The van der Waals surface area contributed by atoms with E-state index in [2.05, 4.69) is 32.4 Å². The summed E-state index contributed by atoms with van der Waals surface area (Å²) in [6.45, 7) is 4.32. The van der Waals surface area contributed by atoms with E-state index in [1.54, 1.807) is 48.5 Å². The van der Waals surface area contributed by atoms with Crippen molar-refractivity contribution in [2.45, 2.75) is 32.4 Å². The van der Waals surface area contributed by atoms with E-state index in [4.69, 9.17) is 21.1 Å². The smallest absolute Gasteiger partial charge is 0.248 e. The molecule has 212 valence electrons. The predicted molar refractivity (Wildman–Crippen MR) is 160 cm³/mol. The van der Waals surface area contributed by atoms with Crippen LogP contribution >= 0.6 is 11.6 Å². The van der Waals surface area contributed by atoms with Crippen molar-refractivity contribution in [3.8, 4) is 11.5 Å². The molecule has 0 radical (unpaired) electrons. The lowest BCUT2D eigenvalue weighted by Crippen LogP contribution is -2.27. The number of hydrogen-bond acceptors (Lipinski definition) is 7. The molecule has 5 rings (SSSR count). The first-order chi connectivity index (χ1) is 19.9. The number of fused-ring (bicyclic) bond motifs is 1. The topological polar surface area (TPSA) is 88.6 Å². The van der Waals surface area contributed by atoms with Crippen LogP contribution in [0.5, 0.6) is 11.5 Å². The highest BCUT2D eigenvalue weighted by molar-refractivity contribution is 6.32. The van der Waals surface area contributed by atoms with E-state index in [0.717, 1.165) is 25.9 Å². The van der Waals surface area contributed by atoms with E-state index in [0.29, 0.717) is 50.2 Å². The monoisotopic (exact) mass is 575 g/mol. The highest BCUT2D eigenvalue weighted by atomic mass is 35.5. The maximum absolute atomic E-state index is 13.5. The van der Waals surface area contributed by atoms with Gasteiger partial charge in [-0.25, -0.2) is 14.4 Å². The van der Waals surface area contributed by atoms with Gasteiger partial charge in [0.15, 0.2) is 5.75 Å². The minimum absolute atomic E-state index is 0.180. The molecule has 1 atom stereocenters. The lowest BCUT2D eigenvalue weighted by Gasteiger charge is -2.19. The molecule has 1 unspecified atom stereocenters. The van der Waals surface area contributed by atoms with Crippen LogP contribution < -0.4 is 20.1 Å². The number of carbonyl (C=O) groups excluding carboxylic acids is 1. The highest BCUT2D eigenvalue weighted by Gasteiger charge is 2.21. The molecule has 4 aromatic rings. The second-order valence-corrected chi connectivity index (χ2v) is 10.0. The third-order valence-corrected chi connectivity index (χ3v) is 7.28. The SMILES string of the molecule is CCN1CCCC1/C=C/C(=O)Nc1ccc2ncnc(Nc3ccc(OCc4cccc(F)c4)c(Cl)c3)c2c1OC. The van der Waals surface area contributed by atoms with Crippen LogP contribution in [-0.4, -0.2) is 47.0 Å². The number of nitrogens with zero attached hydrogens (tertiary/aromatic N) is 3. The minimum atomic E-state index is -0.323. The number of anilines is 3. The summed E-state index contributed by atoms with van der Waals surface area (Å²) in [5.74, 6) is 0.815. The fourth-order valence-electron chi connectivity index (χ4n) is 4.98. The Morgan fingerprint density at radius 2 is 2.07 bits per heavy atom. The summed E-state index contributed by atoms with van der Waals surface area (Å²) in [6.07, 6.45) is 7.18. The second-order valence-electron chi connectivity index (χ2n) is 9.64. The van der Waals surface area contributed by atoms with Gasteiger partial charge < -0.3 is 20.1 Å². The molecule has 8 nitrogen and oxygen atoms in total. The van der Waals surface area contributed by atoms with Gasteiger partial charge in [0.05, 0.1) is 28.7 Å². The van der Waals surface area contributed by atoms with Gasteiger partial charge in [-0.3, -0.25) is 9.69 Å². The molecule has 0 bridgehead atoms. The highest BCUT2D eigenvalue weighted by Crippen LogP contribution is 2.38. The number of aromatic nitrogens is 2. The second kappa shape index (κ2) is 13.0. The Balaban J connectivity index is 1.34. The fourth-order valence-corrected chi connectivity index (χ4v) is 5.22. The average Bonchev–Trinajstić information content (AvgIpc) is 3.43. The number of methoxy groups -OCH3 is 1. The molecule has 41 heavy (non-hydrogen) atoms. The molecule has 0 saturated carbocycles. The molecule has 1 aliphatic rings. The Morgan fingerprint density at radius 3 is 2.85 bits per heavy atom. The Morgan fingerprint density at radius 1 is 1.20 bits per heavy atom. The number of likely N-dealkylation sites (N-methyl/N-ethyl adjacent to an activating group) is 1. The standard InChI is InChI=1S/C31H31ClFN5O3/c1-3-38-15-5-8-23(38)10-14-28(39)37-26-12-11-25-29(30(26)40-2)31(35-19-34-25)36-22-9-13-27(24(32)17-22)41-18-20-6-4-7-21(33)16-20/h4,6-7,9-14,16-17,19,23H,3,5,8,15,18H2,1-2H3,(H,37,39)(H,34,35,36)/b14-10+. The predicted octanol–water partition coefficient (Wildman–Crippen LogP) is 6.73. The van der Waals surface area contributed by atoms with E-state index >= 15 is 0 Å². The van der Waals surface area contributed by atoms with Gasteiger partial charge in [0.2, 0.25) is 5.91 Å². The molecular weight excluding hydrogens is 545 g/mol. The minimum Gasteiger partial charge on any atom is -0.494 e. The van der Waals surface area contributed by atoms with Crippen LogP contribution in [0.3, 0.4) is 0 Å². The molecule has 0 aliphatic carbocycles. The van der Waals surface area contributed by atoms with Gasteiger partial charge in [-0.15, -0.1) is 0 Å². The third-order valence-electron chi connectivity index (χ3n) is 6.99. The van der Waals surface area contributed by atoms with Crippen LogP contribution in [0.1, 0.15) is 25.3 Å². The number of benzene rings is 3. The maximum atomic E-state index is 13.5. The molecule has 1 fully saturated rings.